The van der Waals surface area contributed by atoms with E-state index in [0.717, 1.165) is 6.42 Å². The maximum absolute atomic E-state index is 10.5. The minimum absolute atomic E-state index is 0.0830. The van der Waals surface area contributed by atoms with Crippen molar-refractivity contribution < 1.29 is 25.2 Å². The van der Waals surface area contributed by atoms with Crippen molar-refractivity contribution in [1.29, 1.82) is 0 Å². The standard InChI is InChI=1S/C20H32O5/c1-2-3-6-9-15(21)12-13-17-16(18(22)14-19(17)23)10-7-4-5-8-11-20(24)25/h3-4,6-7,12-13,15-19,21-23H,2,5,8-11,14H2,1H3,(H,24,25)/b6-3+,7-4-,13-12+/t15-,16-,17+,18-,19+/m0/s1. The van der Waals surface area contributed by atoms with E-state index >= 15 is 0 Å². The predicted octanol–water partition coefficient (Wildman–Crippen LogP) is 2.82. The molecular formula is C20H32O5. The van der Waals surface area contributed by atoms with E-state index < -0.39 is 24.3 Å². The zero-order chi connectivity index (χ0) is 18.7. The average molecular weight is 352 g/mol. The van der Waals surface area contributed by atoms with Crippen LogP contribution in [0.5, 0.6) is 0 Å². The molecule has 0 aliphatic heterocycles. The molecule has 0 aromatic heterocycles. The molecule has 0 saturated heterocycles. The summed E-state index contributed by atoms with van der Waals surface area (Å²) >= 11 is 0. The van der Waals surface area contributed by atoms with Crippen LogP contribution in [0.25, 0.3) is 0 Å². The van der Waals surface area contributed by atoms with Crippen molar-refractivity contribution in [2.75, 3.05) is 0 Å². The minimum Gasteiger partial charge on any atom is -0.481 e. The first-order valence-electron chi connectivity index (χ1n) is 9.20. The Hall–Kier alpha value is -1.43. The molecule has 1 fully saturated rings. The van der Waals surface area contributed by atoms with Crippen molar-refractivity contribution in [1.82, 2.24) is 0 Å². The Labute approximate surface area is 150 Å². The highest BCUT2D eigenvalue weighted by atomic mass is 16.4. The molecule has 1 rings (SSSR count). The first kappa shape index (κ1) is 21.6. The Bertz CT molecular complexity index is 469. The van der Waals surface area contributed by atoms with Crippen LogP contribution in [0.1, 0.15) is 51.9 Å². The van der Waals surface area contributed by atoms with Crippen LogP contribution in [0.2, 0.25) is 0 Å². The Morgan fingerprint density at radius 3 is 2.60 bits per heavy atom. The molecule has 0 unspecified atom stereocenters. The quantitative estimate of drug-likeness (QED) is 0.339. The highest BCUT2D eigenvalue weighted by Crippen LogP contribution is 2.36. The molecule has 0 heterocycles. The van der Waals surface area contributed by atoms with Crippen molar-refractivity contribution in [2.24, 2.45) is 11.8 Å². The number of allylic oxidation sites excluding steroid dienone is 3. The van der Waals surface area contributed by atoms with Gasteiger partial charge in [-0.2, -0.15) is 0 Å². The van der Waals surface area contributed by atoms with Gasteiger partial charge in [-0.3, -0.25) is 4.79 Å². The van der Waals surface area contributed by atoms with E-state index in [1.165, 1.54) is 0 Å². The third kappa shape index (κ3) is 8.47. The summed E-state index contributed by atoms with van der Waals surface area (Å²) in [6, 6.07) is 0. The molecule has 5 heteroatoms. The number of carboxylic acid groups (broad SMARTS) is 1. The van der Waals surface area contributed by atoms with Gasteiger partial charge in [-0.1, -0.05) is 43.4 Å². The maximum atomic E-state index is 10.5. The van der Waals surface area contributed by atoms with Gasteiger partial charge in [-0.05, 0) is 38.0 Å². The van der Waals surface area contributed by atoms with Gasteiger partial charge < -0.3 is 20.4 Å². The fourth-order valence-electron chi connectivity index (χ4n) is 3.19. The summed E-state index contributed by atoms with van der Waals surface area (Å²) in [5.41, 5.74) is 0. The lowest BCUT2D eigenvalue weighted by molar-refractivity contribution is -0.137. The highest BCUT2D eigenvalue weighted by Gasteiger charge is 2.39. The fourth-order valence-corrected chi connectivity index (χ4v) is 3.19. The number of hydrogen-bond donors (Lipinski definition) is 4. The van der Waals surface area contributed by atoms with E-state index in [1.54, 1.807) is 6.08 Å². The lowest BCUT2D eigenvalue weighted by Crippen LogP contribution is -2.20. The van der Waals surface area contributed by atoms with E-state index in [-0.39, 0.29) is 18.3 Å². The molecule has 0 bridgehead atoms. The highest BCUT2D eigenvalue weighted by molar-refractivity contribution is 5.66. The molecular weight excluding hydrogens is 320 g/mol. The van der Waals surface area contributed by atoms with E-state index in [2.05, 4.69) is 0 Å². The lowest BCUT2D eigenvalue weighted by Gasteiger charge is -2.19. The van der Waals surface area contributed by atoms with Gasteiger partial charge in [0.05, 0.1) is 18.3 Å². The number of hydrogen-bond acceptors (Lipinski definition) is 4. The second-order valence-electron chi connectivity index (χ2n) is 6.67. The van der Waals surface area contributed by atoms with Gasteiger partial charge in [-0.25, -0.2) is 0 Å². The number of carbonyl (C=O) groups is 1. The monoisotopic (exact) mass is 352 g/mol. The zero-order valence-electron chi connectivity index (χ0n) is 15.0. The molecule has 1 saturated carbocycles. The minimum atomic E-state index is -0.791. The predicted molar refractivity (Wildman–Crippen MR) is 98.0 cm³/mol. The molecule has 0 amide bonds. The van der Waals surface area contributed by atoms with Gasteiger partial charge in [0.1, 0.15) is 0 Å². The summed E-state index contributed by atoms with van der Waals surface area (Å²) in [7, 11) is 0. The lowest BCUT2D eigenvalue weighted by atomic mass is 9.89. The van der Waals surface area contributed by atoms with E-state index in [4.69, 9.17) is 5.11 Å². The number of rotatable bonds is 11. The molecule has 0 spiro atoms. The van der Waals surface area contributed by atoms with E-state index in [9.17, 15) is 20.1 Å². The maximum Gasteiger partial charge on any atom is 0.303 e. The summed E-state index contributed by atoms with van der Waals surface area (Å²) < 4.78 is 0. The Morgan fingerprint density at radius 1 is 1.16 bits per heavy atom. The van der Waals surface area contributed by atoms with Gasteiger partial charge in [0.25, 0.3) is 0 Å². The van der Waals surface area contributed by atoms with Gasteiger partial charge in [-0.15, -0.1) is 0 Å². The van der Waals surface area contributed by atoms with Crippen LogP contribution in [0, 0.1) is 11.8 Å². The topological polar surface area (TPSA) is 98.0 Å². The van der Waals surface area contributed by atoms with Crippen LogP contribution in [0.4, 0.5) is 0 Å². The largest absolute Gasteiger partial charge is 0.481 e. The van der Waals surface area contributed by atoms with Crippen LogP contribution in [0.15, 0.2) is 36.5 Å². The number of aliphatic carboxylic acids is 1. The third-order valence-corrected chi connectivity index (χ3v) is 4.59. The summed E-state index contributed by atoms with van der Waals surface area (Å²) in [5, 5.41) is 38.9. The molecule has 142 valence electrons. The molecule has 0 aromatic carbocycles. The Balaban J connectivity index is 2.50. The molecule has 25 heavy (non-hydrogen) atoms. The fraction of sp³-hybridized carbons (Fsp3) is 0.650. The van der Waals surface area contributed by atoms with Gasteiger partial charge in [0.2, 0.25) is 0 Å². The first-order valence-corrected chi connectivity index (χ1v) is 9.20. The Kier molecular flexibility index (Phi) is 10.4. The molecule has 5 atom stereocenters. The zero-order valence-corrected chi connectivity index (χ0v) is 15.0. The molecule has 1 aliphatic rings. The summed E-state index contributed by atoms with van der Waals surface area (Å²) in [6.45, 7) is 2.04. The average Bonchev–Trinajstić information content (AvgIpc) is 2.82. The second kappa shape index (κ2) is 12.0. The number of unbranched alkanes of at least 4 members (excludes halogenated alkanes) is 1. The normalized spacial score (nSPS) is 28.5. The molecule has 1 aliphatic carbocycles. The molecule has 0 aromatic rings. The van der Waals surface area contributed by atoms with Gasteiger partial charge >= 0.3 is 5.97 Å². The number of aliphatic hydroxyl groups excluding tert-OH is 3. The molecule has 0 radical (unpaired) electrons. The van der Waals surface area contributed by atoms with Crippen molar-refractivity contribution >= 4 is 5.97 Å². The smallest absolute Gasteiger partial charge is 0.303 e. The SMILES string of the molecule is CC/C=C/C[C@H](O)/C=C/[C@@H]1[C@H](C/C=C\CCCC(=O)O)[C@@H](O)C[C@H]1O. The van der Waals surface area contributed by atoms with Gasteiger partial charge in [0, 0.05) is 18.8 Å². The molecule has 5 nitrogen and oxygen atoms in total. The summed E-state index contributed by atoms with van der Waals surface area (Å²) in [6.07, 6.45) is 13.5. The van der Waals surface area contributed by atoms with Crippen LogP contribution in [0.3, 0.4) is 0 Å². The first-order chi connectivity index (χ1) is 12.0. The van der Waals surface area contributed by atoms with Crippen molar-refractivity contribution in [3.63, 3.8) is 0 Å². The van der Waals surface area contributed by atoms with Crippen molar-refractivity contribution in [3.8, 4) is 0 Å². The van der Waals surface area contributed by atoms with Gasteiger partial charge in [0.15, 0.2) is 0 Å². The van der Waals surface area contributed by atoms with E-state index in [1.807, 2.05) is 37.3 Å². The number of aliphatic hydroxyl groups is 3. The second-order valence-corrected chi connectivity index (χ2v) is 6.67. The number of carboxylic acids is 1. The van der Waals surface area contributed by atoms with Crippen molar-refractivity contribution in [3.05, 3.63) is 36.5 Å². The van der Waals surface area contributed by atoms with E-state index in [0.29, 0.717) is 32.1 Å². The molecule has 4 N–H and O–H groups in total. The third-order valence-electron chi connectivity index (χ3n) is 4.59. The van der Waals surface area contributed by atoms with Crippen LogP contribution in [-0.2, 0) is 4.79 Å². The van der Waals surface area contributed by atoms with Crippen LogP contribution in [-0.4, -0.2) is 44.7 Å². The summed E-state index contributed by atoms with van der Waals surface area (Å²) in [4.78, 5) is 10.5. The Morgan fingerprint density at radius 2 is 1.92 bits per heavy atom. The summed E-state index contributed by atoms with van der Waals surface area (Å²) in [5.74, 6) is -1.05. The van der Waals surface area contributed by atoms with Crippen LogP contribution >= 0.6 is 0 Å². The van der Waals surface area contributed by atoms with Crippen molar-refractivity contribution in [2.45, 2.75) is 70.2 Å². The van der Waals surface area contributed by atoms with Crippen LogP contribution < -0.4 is 0 Å².